The van der Waals surface area contributed by atoms with E-state index >= 15 is 0 Å². The van der Waals surface area contributed by atoms with Crippen LogP contribution in [0.5, 0.6) is 0 Å². The summed E-state index contributed by atoms with van der Waals surface area (Å²) in [5.74, 6) is 0.909. The number of hydrogen-bond acceptors (Lipinski definition) is 5. The first-order valence-corrected chi connectivity index (χ1v) is 6.02. The van der Waals surface area contributed by atoms with Crippen molar-refractivity contribution in [2.24, 2.45) is 4.99 Å². The molecule has 2 N–H and O–H groups in total. The van der Waals surface area contributed by atoms with Gasteiger partial charge in [-0.15, -0.1) is 35.3 Å². The van der Waals surface area contributed by atoms with Gasteiger partial charge in [0.15, 0.2) is 5.96 Å². The first kappa shape index (κ1) is 13.7. The highest BCUT2D eigenvalue weighted by Crippen LogP contribution is 2.15. The Morgan fingerprint density at radius 1 is 1.44 bits per heavy atom. The predicted octanol–water partition coefficient (Wildman–Crippen LogP) is 1.82. The molecule has 1 aliphatic rings. The molecule has 0 saturated heterocycles. The van der Waals surface area contributed by atoms with Gasteiger partial charge in [-0.3, -0.25) is 4.99 Å². The standard InChI is InChI=1S/C10H16N4S.HI/c1-7-8(2)15-9(14-7)6-13-10-11-4-3-5-12-10;/h3-6H2,1-2H3,(H2,11,12,13);1H. The third kappa shape index (κ3) is 3.58. The van der Waals surface area contributed by atoms with Gasteiger partial charge in [0.2, 0.25) is 0 Å². The molecule has 6 heteroatoms. The molecule has 0 unspecified atom stereocenters. The van der Waals surface area contributed by atoms with E-state index in [2.05, 4.69) is 27.5 Å². The fraction of sp³-hybridized carbons (Fsp3) is 0.600. The van der Waals surface area contributed by atoms with Gasteiger partial charge in [-0.2, -0.15) is 0 Å². The second-order valence-electron chi connectivity index (χ2n) is 3.61. The number of hydrogen-bond donors (Lipinski definition) is 2. The summed E-state index contributed by atoms with van der Waals surface area (Å²) in [6.45, 7) is 6.86. The Balaban J connectivity index is 0.00000128. The molecule has 0 aliphatic carbocycles. The van der Waals surface area contributed by atoms with Gasteiger partial charge < -0.3 is 10.6 Å². The minimum Gasteiger partial charge on any atom is -0.356 e. The number of aromatic nitrogens is 1. The van der Waals surface area contributed by atoms with Crippen LogP contribution in [0, 0.1) is 13.8 Å². The van der Waals surface area contributed by atoms with Gasteiger partial charge in [0.25, 0.3) is 0 Å². The first-order valence-electron chi connectivity index (χ1n) is 5.21. The molecule has 90 valence electrons. The molecule has 0 aromatic carbocycles. The van der Waals surface area contributed by atoms with Crippen LogP contribution in [-0.4, -0.2) is 24.0 Å². The second-order valence-corrected chi connectivity index (χ2v) is 4.90. The van der Waals surface area contributed by atoms with Crippen molar-refractivity contribution in [3.8, 4) is 0 Å². The Hall–Kier alpha value is -0.370. The summed E-state index contributed by atoms with van der Waals surface area (Å²) in [5, 5.41) is 7.62. The highest BCUT2D eigenvalue weighted by molar-refractivity contribution is 14.0. The van der Waals surface area contributed by atoms with Crippen molar-refractivity contribution in [1.29, 1.82) is 0 Å². The minimum absolute atomic E-state index is 0. The van der Waals surface area contributed by atoms with Crippen molar-refractivity contribution in [3.05, 3.63) is 15.6 Å². The van der Waals surface area contributed by atoms with Crippen molar-refractivity contribution in [2.75, 3.05) is 13.1 Å². The number of aliphatic imine (C=N–C) groups is 1. The van der Waals surface area contributed by atoms with Crippen molar-refractivity contribution in [3.63, 3.8) is 0 Å². The Kier molecular flexibility index (Phi) is 5.47. The molecular weight excluding hydrogens is 335 g/mol. The van der Waals surface area contributed by atoms with Crippen molar-refractivity contribution in [2.45, 2.75) is 26.8 Å². The highest BCUT2D eigenvalue weighted by atomic mass is 127. The average Bonchev–Trinajstić information content (AvgIpc) is 2.57. The number of halogens is 1. The third-order valence-corrected chi connectivity index (χ3v) is 3.45. The molecule has 0 saturated carbocycles. The average molecular weight is 352 g/mol. The molecule has 1 aromatic heterocycles. The molecule has 2 rings (SSSR count). The zero-order valence-electron chi connectivity index (χ0n) is 9.54. The molecule has 0 bridgehead atoms. The summed E-state index contributed by atoms with van der Waals surface area (Å²) in [5.41, 5.74) is 1.13. The van der Waals surface area contributed by atoms with Crippen molar-refractivity contribution >= 4 is 41.3 Å². The van der Waals surface area contributed by atoms with E-state index in [1.54, 1.807) is 11.3 Å². The monoisotopic (exact) mass is 352 g/mol. The second kappa shape index (κ2) is 6.39. The van der Waals surface area contributed by atoms with Gasteiger partial charge in [-0.05, 0) is 20.3 Å². The highest BCUT2D eigenvalue weighted by Gasteiger charge is 2.06. The molecule has 16 heavy (non-hydrogen) atoms. The van der Waals surface area contributed by atoms with E-state index in [9.17, 15) is 0 Å². The Morgan fingerprint density at radius 3 is 2.81 bits per heavy atom. The SMILES string of the molecule is Cc1nc(CNC2=NCCCN2)sc1C.I. The topological polar surface area (TPSA) is 49.3 Å². The molecule has 0 radical (unpaired) electrons. The van der Waals surface area contributed by atoms with E-state index in [0.717, 1.165) is 42.7 Å². The molecule has 1 aromatic rings. The van der Waals surface area contributed by atoms with Crippen LogP contribution in [0.3, 0.4) is 0 Å². The van der Waals surface area contributed by atoms with E-state index in [0.29, 0.717) is 0 Å². The fourth-order valence-electron chi connectivity index (χ4n) is 1.43. The van der Waals surface area contributed by atoms with Crippen molar-refractivity contribution in [1.82, 2.24) is 15.6 Å². The lowest BCUT2D eigenvalue weighted by Crippen LogP contribution is -2.40. The van der Waals surface area contributed by atoms with Crippen LogP contribution >= 0.6 is 35.3 Å². The molecule has 0 amide bonds. The van der Waals surface area contributed by atoms with Crippen LogP contribution in [-0.2, 0) is 6.54 Å². The Bertz CT molecular complexity index is 355. The van der Waals surface area contributed by atoms with E-state index in [-0.39, 0.29) is 24.0 Å². The molecule has 1 aliphatic heterocycles. The van der Waals surface area contributed by atoms with Crippen LogP contribution in [0.25, 0.3) is 0 Å². The van der Waals surface area contributed by atoms with Gasteiger partial charge in [0.1, 0.15) is 5.01 Å². The van der Waals surface area contributed by atoms with E-state index in [4.69, 9.17) is 0 Å². The lowest BCUT2D eigenvalue weighted by atomic mass is 10.4. The largest absolute Gasteiger partial charge is 0.356 e. The third-order valence-electron chi connectivity index (χ3n) is 2.38. The lowest BCUT2D eigenvalue weighted by Gasteiger charge is -2.14. The van der Waals surface area contributed by atoms with Crippen LogP contribution in [0.4, 0.5) is 0 Å². The lowest BCUT2D eigenvalue weighted by molar-refractivity contribution is 0.701. The predicted molar refractivity (Wildman–Crippen MR) is 78.8 cm³/mol. The minimum atomic E-state index is 0. The number of rotatable bonds is 2. The Labute approximate surface area is 117 Å². The molecule has 4 nitrogen and oxygen atoms in total. The quantitative estimate of drug-likeness (QED) is 0.799. The van der Waals surface area contributed by atoms with Gasteiger partial charge in [0.05, 0.1) is 12.2 Å². The summed E-state index contributed by atoms with van der Waals surface area (Å²) in [7, 11) is 0. The molecular formula is C10H17IN4S. The van der Waals surface area contributed by atoms with Gasteiger partial charge in [-0.25, -0.2) is 4.98 Å². The molecule has 0 atom stereocenters. The number of aryl methyl sites for hydroxylation is 2. The smallest absolute Gasteiger partial charge is 0.191 e. The maximum atomic E-state index is 4.47. The summed E-state index contributed by atoms with van der Waals surface area (Å²) in [6, 6.07) is 0. The molecule has 0 fully saturated rings. The van der Waals surface area contributed by atoms with Crippen LogP contribution in [0.15, 0.2) is 4.99 Å². The van der Waals surface area contributed by atoms with Gasteiger partial charge in [-0.1, -0.05) is 0 Å². The summed E-state index contributed by atoms with van der Waals surface area (Å²) < 4.78 is 0. The Morgan fingerprint density at radius 2 is 2.25 bits per heavy atom. The van der Waals surface area contributed by atoms with Gasteiger partial charge >= 0.3 is 0 Å². The van der Waals surface area contributed by atoms with Crippen LogP contribution in [0.1, 0.15) is 22.0 Å². The van der Waals surface area contributed by atoms with E-state index in [1.807, 2.05) is 6.92 Å². The number of thiazole rings is 1. The zero-order valence-corrected chi connectivity index (χ0v) is 12.7. The number of nitrogens with one attached hydrogen (secondary N) is 2. The first-order chi connectivity index (χ1) is 7.25. The van der Waals surface area contributed by atoms with E-state index < -0.39 is 0 Å². The number of guanidine groups is 1. The number of nitrogens with zero attached hydrogens (tertiary/aromatic N) is 2. The maximum absolute atomic E-state index is 4.47. The molecule has 0 spiro atoms. The summed E-state index contributed by atoms with van der Waals surface area (Å²) >= 11 is 1.75. The van der Waals surface area contributed by atoms with Gasteiger partial charge in [0, 0.05) is 18.0 Å². The van der Waals surface area contributed by atoms with E-state index in [1.165, 1.54) is 4.88 Å². The molecule has 2 heterocycles. The van der Waals surface area contributed by atoms with Crippen LogP contribution in [0.2, 0.25) is 0 Å². The summed E-state index contributed by atoms with van der Waals surface area (Å²) in [6.07, 6.45) is 1.13. The maximum Gasteiger partial charge on any atom is 0.191 e. The van der Waals surface area contributed by atoms with Crippen LogP contribution < -0.4 is 10.6 Å². The summed E-state index contributed by atoms with van der Waals surface area (Å²) in [4.78, 5) is 10.1. The zero-order chi connectivity index (χ0) is 10.7. The van der Waals surface area contributed by atoms with Crippen molar-refractivity contribution < 1.29 is 0 Å². The normalized spacial score (nSPS) is 14.8. The fourth-order valence-corrected chi connectivity index (χ4v) is 2.30.